The Morgan fingerprint density at radius 3 is 2.65 bits per heavy atom. The second-order valence-corrected chi connectivity index (χ2v) is 5.51. The van der Waals surface area contributed by atoms with E-state index in [1.54, 1.807) is 0 Å². The highest BCUT2D eigenvalue weighted by molar-refractivity contribution is 5.79. The minimum absolute atomic E-state index is 0.190. The highest BCUT2D eigenvalue weighted by atomic mass is 16.5. The fraction of sp³-hybridized carbons (Fsp3) is 0.263. The smallest absolute Gasteiger partial charge is 0.326 e. The Bertz CT molecular complexity index is 836. The van der Waals surface area contributed by atoms with Gasteiger partial charge in [0.15, 0.2) is 0 Å². The molecule has 3 rings (SSSR count). The molecule has 4 nitrogen and oxygen atoms in total. The third kappa shape index (κ3) is 3.26. The normalized spacial score (nSPS) is 10.9. The minimum atomic E-state index is -0.235. The largest absolute Gasteiger partial charge is 0.465 e. The maximum atomic E-state index is 12.0. The fourth-order valence-corrected chi connectivity index (χ4v) is 2.75. The fourth-order valence-electron chi connectivity index (χ4n) is 2.75. The quantitative estimate of drug-likeness (QED) is 0.678. The average Bonchev–Trinajstić information content (AvgIpc) is 2.88. The van der Waals surface area contributed by atoms with Gasteiger partial charge in [-0.25, -0.2) is 4.98 Å². The van der Waals surface area contributed by atoms with Gasteiger partial charge in [-0.3, -0.25) is 4.79 Å². The van der Waals surface area contributed by atoms with Gasteiger partial charge in [0, 0.05) is 6.42 Å². The van der Waals surface area contributed by atoms with Gasteiger partial charge in [0.1, 0.15) is 12.4 Å². The molecule has 0 amide bonds. The SMILES string of the molecule is CCOC(=O)Cn1c(Cc2ccccc2C)nc2ccccc21. The first-order valence-electron chi connectivity index (χ1n) is 7.83. The molecule has 1 aromatic heterocycles. The standard InChI is InChI=1S/C19H20N2O2/c1-3-23-19(22)13-21-17-11-7-6-10-16(17)20-18(21)12-15-9-5-4-8-14(15)2/h4-11H,3,12-13H2,1-2H3. The summed E-state index contributed by atoms with van der Waals surface area (Å²) in [4.78, 5) is 16.7. The highest BCUT2D eigenvalue weighted by Crippen LogP contribution is 2.20. The summed E-state index contributed by atoms with van der Waals surface area (Å²) in [6.45, 7) is 4.49. The number of imidazole rings is 1. The monoisotopic (exact) mass is 308 g/mol. The van der Waals surface area contributed by atoms with Crippen molar-refractivity contribution in [3.63, 3.8) is 0 Å². The number of para-hydroxylation sites is 2. The van der Waals surface area contributed by atoms with Crippen LogP contribution in [0.2, 0.25) is 0 Å². The number of ether oxygens (including phenoxy) is 1. The summed E-state index contributed by atoms with van der Waals surface area (Å²) >= 11 is 0. The zero-order valence-electron chi connectivity index (χ0n) is 13.5. The molecule has 1 heterocycles. The van der Waals surface area contributed by atoms with E-state index in [0.29, 0.717) is 13.0 Å². The number of aryl methyl sites for hydroxylation is 1. The Morgan fingerprint density at radius 2 is 1.87 bits per heavy atom. The second-order valence-electron chi connectivity index (χ2n) is 5.51. The number of benzene rings is 2. The average molecular weight is 308 g/mol. The van der Waals surface area contributed by atoms with Gasteiger partial charge in [-0.2, -0.15) is 0 Å². The van der Waals surface area contributed by atoms with Crippen LogP contribution in [0.15, 0.2) is 48.5 Å². The number of hydrogen-bond acceptors (Lipinski definition) is 3. The highest BCUT2D eigenvalue weighted by Gasteiger charge is 2.15. The topological polar surface area (TPSA) is 44.1 Å². The van der Waals surface area contributed by atoms with Crippen molar-refractivity contribution in [3.8, 4) is 0 Å². The summed E-state index contributed by atoms with van der Waals surface area (Å²) in [5, 5.41) is 0. The lowest BCUT2D eigenvalue weighted by atomic mass is 10.1. The predicted molar refractivity (Wildman–Crippen MR) is 90.4 cm³/mol. The molecule has 2 aromatic carbocycles. The first kappa shape index (κ1) is 15.3. The first-order chi connectivity index (χ1) is 11.2. The summed E-state index contributed by atoms with van der Waals surface area (Å²) in [6.07, 6.45) is 0.695. The molecule has 118 valence electrons. The molecular formula is C19H20N2O2. The molecule has 0 fully saturated rings. The summed E-state index contributed by atoms with van der Waals surface area (Å²) < 4.78 is 7.06. The van der Waals surface area contributed by atoms with Crippen LogP contribution in [-0.4, -0.2) is 22.1 Å². The van der Waals surface area contributed by atoms with Crippen LogP contribution in [-0.2, 0) is 22.5 Å². The van der Waals surface area contributed by atoms with Gasteiger partial charge >= 0.3 is 5.97 Å². The number of fused-ring (bicyclic) bond motifs is 1. The Kier molecular flexibility index (Phi) is 4.42. The number of nitrogens with zero attached hydrogens (tertiary/aromatic N) is 2. The molecule has 0 saturated carbocycles. The third-order valence-electron chi connectivity index (χ3n) is 3.94. The maximum Gasteiger partial charge on any atom is 0.326 e. The van der Waals surface area contributed by atoms with Gasteiger partial charge in [-0.05, 0) is 37.1 Å². The van der Waals surface area contributed by atoms with Gasteiger partial charge < -0.3 is 9.30 Å². The maximum absolute atomic E-state index is 12.0. The van der Waals surface area contributed by atoms with Crippen LogP contribution in [0.25, 0.3) is 11.0 Å². The van der Waals surface area contributed by atoms with E-state index in [9.17, 15) is 4.79 Å². The summed E-state index contributed by atoms with van der Waals surface area (Å²) in [5.74, 6) is 0.648. The zero-order valence-corrected chi connectivity index (χ0v) is 13.5. The van der Waals surface area contributed by atoms with Crippen LogP contribution in [0.5, 0.6) is 0 Å². The van der Waals surface area contributed by atoms with E-state index in [4.69, 9.17) is 9.72 Å². The third-order valence-corrected chi connectivity index (χ3v) is 3.94. The lowest BCUT2D eigenvalue weighted by Gasteiger charge is -2.10. The van der Waals surface area contributed by atoms with E-state index >= 15 is 0 Å². The van der Waals surface area contributed by atoms with Gasteiger partial charge in [-0.1, -0.05) is 36.4 Å². The van der Waals surface area contributed by atoms with E-state index in [2.05, 4.69) is 19.1 Å². The van der Waals surface area contributed by atoms with Gasteiger partial charge in [0.2, 0.25) is 0 Å². The molecule has 0 aliphatic heterocycles. The lowest BCUT2D eigenvalue weighted by molar-refractivity contribution is -0.143. The van der Waals surface area contributed by atoms with Crippen molar-refractivity contribution in [3.05, 3.63) is 65.5 Å². The summed E-state index contributed by atoms with van der Waals surface area (Å²) in [5.41, 5.74) is 4.31. The van der Waals surface area contributed by atoms with Crippen molar-refractivity contribution in [2.75, 3.05) is 6.61 Å². The van der Waals surface area contributed by atoms with E-state index in [0.717, 1.165) is 16.9 Å². The molecule has 0 aliphatic carbocycles. The molecular weight excluding hydrogens is 288 g/mol. The predicted octanol–water partition coefficient (Wildman–Crippen LogP) is 3.50. The van der Waals surface area contributed by atoms with E-state index < -0.39 is 0 Å². The molecule has 0 atom stereocenters. The molecule has 0 unspecified atom stereocenters. The number of carbonyl (C=O) groups is 1. The Balaban J connectivity index is 2.01. The van der Waals surface area contributed by atoms with Crippen molar-refractivity contribution in [2.45, 2.75) is 26.8 Å². The Hall–Kier alpha value is -2.62. The Labute approximate surface area is 135 Å². The summed E-state index contributed by atoms with van der Waals surface area (Å²) in [6, 6.07) is 16.1. The number of esters is 1. The first-order valence-corrected chi connectivity index (χ1v) is 7.83. The van der Waals surface area contributed by atoms with Crippen LogP contribution >= 0.6 is 0 Å². The van der Waals surface area contributed by atoms with Crippen LogP contribution in [0.3, 0.4) is 0 Å². The number of carbonyl (C=O) groups excluding carboxylic acids is 1. The van der Waals surface area contributed by atoms with E-state index in [1.165, 1.54) is 11.1 Å². The molecule has 0 bridgehead atoms. The van der Waals surface area contributed by atoms with Crippen molar-refractivity contribution in [2.24, 2.45) is 0 Å². The Morgan fingerprint density at radius 1 is 1.13 bits per heavy atom. The minimum Gasteiger partial charge on any atom is -0.465 e. The second kappa shape index (κ2) is 6.65. The number of rotatable bonds is 5. The lowest BCUT2D eigenvalue weighted by Crippen LogP contribution is -2.16. The van der Waals surface area contributed by atoms with Crippen molar-refractivity contribution < 1.29 is 9.53 Å². The van der Waals surface area contributed by atoms with Gasteiger partial charge in [-0.15, -0.1) is 0 Å². The van der Waals surface area contributed by atoms with Crippen molar-refractivity contribution >= 4 is 17.0 Å². The molecule has 0 aliphatic rings. The number of hydrogen-bond donors (Lipinski definition) is 0. The van der Waals surface area contributed by atoms with Gasteiger partial charge in [0.05, 0.1) is 17.6 Å². The number of aromatic nitrogens is 2. The van der Waals surface area contributed by atoms with Crippen molar-refractivity contribution in [1.29, 1.82) is 0 Å². The molecule has 23 heavy (non-hydrogen) atoms. The molecule has 3 aromatic rings. The van der Waals surface area contributed by atoms with E-state index in [1.807, 2.05) is 47.9 Å². The van der Waals surface area contributed by atoms with Crippen LogP contribution in [0.1, 0.15) is 23.9 Å². The van der Waals surface area contributed by atoms with Crippen LogP contribution in [0, 0.1) is 6.92 Å². The molecule has 0 saturated heterocycles. The molecule has 0 spiro atoms. The van der Waals surface area contributed by atoms with E-state index in [-0.39, 0.29) is 12.5 Å². The molecule has 0 radical (unpaired) electrons. The molecule has 0 N–H and O–H groups in total. The molecule has 4 heteroatoms. The summed E-state index contributed by atoms with van der Waals surface area (Å²) in [7, 11) is 0. The van der Waals surface area contributed by atoms with Crippen LogP contribution < -0.4 is 0 Å². The van der Waals surface area contributed by atoms with Crippen molar-refractivity contribution in [1.82, 2.24) is 9.55 Å². The van der Waals surface area contributed by atoms with Crippen LogP contribution in [0.4, 0.5) is 0 Å². The van der Waals surface area contributed by atoms with Gasteiger partial charge in [0.25, 0.3) is 0 Å². The zero-order chi connectivity index (χ0) is 16.2.